The molecule has 0 saturated heterocycles. The summed E-state index contributed by atoms with van der Waals surface area (Å²) in [5.74, 6) is 0.404. The third-order valence-corrected chi connectivity index (χ3v) is 10.6. The summed E-state index contributed by atoms with van der Waals surface area (Å²) in [5.41, 5.74) is 3.86. The fraction of sp³-hybridized carbons (Fsp3) is 0.593. The molecular weight excluding hydrogens is 438 g/mol. The van der Waals surface area contributed by atoms with Gasteiger partial charge < -0.3 is 10.4 Å². The van der Waals surface area contributed by atoms with Crippen LogP contribution in [0.25, 0.3) is 0 Å². The Bertz CT molecular complexity index is 1130. The lowest BCUT2D eigenvalue weighted by Crippen LogP contribution is -2.51. The number of hydrogen-bond donors (Lipinski definition) is 2. The topological polar surface area (TPSA) is 45.2 Å². The van der Waals surface area contributed by atoms with Gasteiger partial charge in [-0.1, -0.05) is 31.6 Å². The van der Waals surface area contributed by atoms with E-state index in [1.807, 2.05) is 0 Å². The summed E-state index contributed by atoms with van der Waals surface area (Å²) in [6.07, 6.45) is 9.87. The van der Waals surface area contributed by atoms with Crippen molar-refractivity contribution in [2.24, 2.45) is 23.2 Å². The van der Waals surface area contributed by atoms with Crippen molar-refractivity contribution in [2.75, 3.05) is 5.32 Å². The molecule has 2 saturated carbocycles. The molecule has 0 spiro atoms. The van der Waals surface area contributed by atoms with Crippen molar-refractivity contribution < 1.29 is 13.9 Å². The maximum absolute atomic E-state index is 13.5. The van der Waals surface area contributed by atoms with Gasteiger partial charge in [0, 0.05) is 16.8 Å². The molecule has 3 nitrogen and oxygen atoms in total. The van der Waals surface area contributed by atoms with Gasteiger partial charge in [-0.15, -0.1) is 11.3 Å². The van der Waals surface area contributed by atoms with E-state index in [1.54, 1.807) is 17.4 Å². The van der Waals surface area contributed by atoms with Crippen molar-refractivity contribution in [3.63, 3.8) is 0 Å². The van der Waals surface area contributed by atoms with E-state index in [2.05, 4.69) is 25.2 Å². The Labute approximate surface area is 198 Å². The van der Waals surface area contributed by atoms with Gasteiger partial charge in [0.2, 0.25) is 0 Å². The zero-order chi connectivity index (χ0) is 23.0. The molecule has 0 bridgehead atoms. The van der Waals surface area contributed by atoms with Gasteiger partial charge in [0.1, 0.15) is 0 Å². The molecule has 2 fully saturated rings. The predicted molar refractivity (Wildman–Crippen MR) is 127 cm³/mol. The normalized spacial score (nSPS) is 36.9. The minimum absolute atomic E-state index is 0.116. The quantitative estimate of drug-likeness (QED) is 0.512. The van der Waals surface area contributed by atoms with Gasteiger partial charge in [0.25, 0.3) is 0 Å². The van der Waals surface area contributed by atoms with Crippen molar-refractivity contribution in [1.82, 2.24) is 4.98 Å². The minimum atomic E-state index is -0.815. The van der Waals surface area contributed by atoms with Crippen LogP contribution >= 0.6 is 11.3 Å². The van der Waals surface area contributed by atoms with Crippen LogP contribution in [0, 0.1) is 34.8 Å². The van der Waals surface area contributed by atoms with Crippen molar-refractivity contribution in [2.45, 2.75) is 76.9 Å². The van der Waals surface area contributed by atoms with Crippen molar-refractivity contribution >= 4 is 16.5 Å². The zero-order valence-corrected chi connectivity index (χ0v) is 20.2. The van der Waals surface area contributed by atoms with Crippen LogP contribution in [0.5, 0.6) is 0 Å². The number of rotatable bonds is 3. The Morgan fingerprint density at radius 2 is 1.91 bits per heavy atom. The Balaban J connectivity index is 1.21. The first-order chi connectivity index (χ1) is 15.8. The summed E-state index contributed by atoms with van der Waals surface area (Å²) < 4.78 is 26.7. The molecular formula is C27H32F2N2OS. The fourth-order valence-electron chi connectivity index (χ4n) is 7.67. The highest BCUT2D eigenvalue weighted by molar-refractivity contribution is 7.15. The second-order valence-electron chi connectivity index (χ2n) is 11.2. The summed E-state index contributed by atoms with van der Waals surface area (Å²) in [6, 6.07) is 4.04. The van der Waals surface area contributed by atoms with Gasteiger partial charge >= 0.3 is 0 Å². The van der Waals surface area contributed by atoms with E-state index in [9.17, 15) is 13.9 Å². The Morgan fingerprint density at radius 1 is 1.09 bits per heavy atom. The summed E-state index contributed by atoms with van der Waals surface area (Å²) >= 11 is 1.74. The average Bonchev–Trinajstić information content (AvgIpc) is 3.32. The number of halogens is 2. The molecule has 176 valence electrons. The first-order valence-corrected chi connectivity index (χ1v) is 13.1. The molecule has 1 aromatic carbocycles. The number of nitrogens with zero attached hydrogens (tertiary/aromatic N) is 1. The van der Waals surface area contributed by atoms with Crippen LogP contribution < -0.4 is 5.32 Å². The molecule has 1 aromatic heterocycles. The third-order valence-electron chi connectivity index (χ3n) is 9.54. The van der Waals surface area contributed by atoms with E-state index in [-0.39, 0.29) is 16.9 Å². The smallest absolute Gasteiger partial charge is 0.183 e. The predicted octanol–water partition coefficient (Wildman–Crippen LogP) is 6.37. The monoisotopic (exact) mass is 470 g/mol. The van der Waals surface area contributed by atoms with E-state index in [0.29, 0.717) is 29.9 Å². The van der Waals surface area contributed by atoms with Crippen LogP contribution in [0.3, 0.4) is 0 Å². The molecule has 2 aromatic rings. The number of fused-ring (bicyclic) bond motifs is 7. The number of allylic oxidation sites excluding steroid dienone is 1. The summed E-state index contributed by atoms with van der Waals surface area (Å²) in [5, 5.41) is 14.4. The summed E-state index contributed by atoms with van der Waals surface area (Å²) in [4.78, 5) is 6.44. The number of hydrogen-bond acceptors (Lipinski definition) is 4. The Hall–Kier alpha value is -1.79. The van der Waals surface area contributed by atoms with E-state index in [1.165, 1.54) is 41.1 Å². The molecule has 0 radical (unpaired) electrons. The summed E-state index contributed by atoms with van der Waals surface area (Å²) in [7, 11) is 0. The molecule has 6 rings (SSSR count). The number of aliphatic hydroxyl groups excluding tert-OH is 1. The van der Waals surface area contributed by atoms with Gasteiger partial charge in [-0.3, -0.25) is 0 Å². The molecule has 6 heteroatoms. The molecule has 4 aliphatic rings. The number of thiazole rings is 1. The Morgan fingerprint density at radius 3 is 2.73 bits per heavy atom. The molecule has 1 heterocycles. The average molecular weight is 471 g/mol. The molecule has 6 atom stereocenters. The molecule has 0 amide bonds. The Kier molecular flexibility index (Phi) is 5.01. The van der Waals surface area contributed by atoms with E-state index >= 15 is 0 Å². The second kappa shape index (κ2) is 7.61. The number of aliphatic hydroxyl groups is 1. The zero-order valence-electron chi connectivity index (χ0n) is 19.3. The number of aromatic nitrogens is 1. The van der Waals surface area contributed by atoms with Crippen LogP contribution in [-0.4, -0.2) is 16.2 Å². The van der Waals surface area contributed by atoms with Crippen LogP contribution in [0.1, 0.15) is 68.5 Å². The lowest BCUT2D eigenvalue weighted by molar-refractivity contribution is -0.0169. The number of benzene rings is 1. The van der Waals surface area contributed by atoms with E-state index < -0.39 is 11.6 Å². The maximum Gasteiger partial charge on any atom is 0.183 e. The maximum atomic E-state index is 13.5. The van der Waals surface area contributed by atoms with Crippen molar-refractivity contribution in [3.05, 3.63) is 57.6 Å². The standard InChI is InChI=1S/C27H32F2N2OS/c1-26-9-7-17(32)12-16(26)4-5-18-19(26)8-10-27(2)20(18)13-23-24(27)31-25(33-23)30-14-15-3-6-21(28)22(29)11-15/h3-4,6,11,17-20,32H,5,7-10,12-14H2,1-2H3,(H,30,31)/t17-,18?,19?,20?,26-,27-/m0/s1. The highest BCUT2D eigenvalue weighted by Crippen LogP contribution is 2.64. The number of anilines is 1. The van der Waals surface area contributed by atoms with Crippen molar-refractivity contribution in [3.8, 4) is 0 Å². The SMILES string of the molecule is C[C@]12CC[C@H](O)CC1=CCC1C2CC[C@]2(C)c3nc(NCc4ccc(F)c(F)c4)sc3CC12. The van der Waals surface area contributed by atoms with Crippen LogP contribution in [0.4, 0.5) is 13.9 Å². The molecule has 4 aliphatic carbocycles. The van der Waals surface area contributed by atoms with E-state index in [0.717, 1.165) is 37.2 Å². The van der Waals surface area contributed by atoms with Gasteiger partial charge in [0.05, 0.1) is 11.8 Å². The third kappa shape index (κ3) is 3.31. The van der Waals surface area contributed by atoms with Gasteiger partial charge in [-0.05, 0) is 85.8 Å². The van der Waals surface area contributed by atoms with Gasteiger partial charge in [-0.25, -0.2) is 13.8 Å². The number of nitrogens with one attached hydrogen (secondary N) is 1. The fourth-order valence-corrected chi connectivity index (χ4v) is 8.82. The molecule has 33 heavy (non-hydrogen) atoms. The lowest BCUT2D eigenvalue weighted by Gasteiger charge is -2.57. The summed E-state index contributed by atoms with van der Waals surface area (Å²) in [6.45, 7) is 5.32. The molecule has 3 unspecified atom stereocenters. The van der Waals surface area contributed by atoms with Gasteiger partial charge in [0.15, 0.2) is 16.8 Å². The molecule has 0 aliphatic heterocycles. The molecule has 2 N–H and O–H groups in total. The second-order valence-corrected chi connectivity index (χ2v) is 12.3. The highest BCUT2D eigenvalue weighted by Gasteiger charge is 2.58. The largest absolute Gasteiger partial charge is 0.393 e. The highest BCUT2D eigenvalue weighted by atomic mass is 32.1. The first-order valence-electron chi connectivity index (χ1n) is 12.3. The van der Waals surface area contributed by atoms with Crippen molar-refractivity contribution in [1.29, 1.82) is 0 Å². The lowest BCUT2D eigenvalue weighted by atomic mass is 9.48. The first kappa shape index (κ1) is 21.7. The van der Waals surface area contributed by atoms with Crippen LogP contribution in [0.2, 0.25) is 0 Å². The minimum Gasteiger partial charge on any atom is -0.393 e. The van der Waals surface area contributed by atoms with Gasteiger partial charge in [-0.2, -0.15) is 0 Å². The van der Waals surface area contributed by atoms with Crippen LogP contribution in [-0.2, 0) is 18.4 Å². The van der Waals surface area contributed by atoms with Crippen LogP contribution in [0.15, 0.2) is 29.8 Å². The van der Waals surface area contributed by atoms with E-state index in [4.69, 9.17) is 4.98 Å².